The molecular weight excluding hydrogens is 344 g/mol. The van der Waals surface area contributed by atoms with E-state index < -0.39 is 5.97 Å². The Morgan fingerprint density at radius 3 is 2.11 bits per heavy atom. The predicted molar refractivity (Wildman–Crippen MR) is 101 cm³/mol. The van der Waals surface area contributed by atoms with Gasteiger partial charge in [0.1, 0.15) is 0 Å². The van der Waals surface area contributed by atoms with E-state index in [0.29, 0.717) is 28.1 Å². The summed E-state index contributed by atoms with van der Waals surface area (Å²) in [5.74, 6) is -1.11. The lowest BCUT2D eigenvalue weighted by Crippen LogP contribution is -2.35. The third-order valence-corrected chi connectivity index (χ3v) is 5.13. The molecule has 138 valence electrons. The smallest absolute Gasteiger partial charge is 0.337 e. The summed E-state index contributed by atoms with van der Waals surface area (Å²) in [7, 11) is 1.33. The number of carbonyl (C=O) groups excluding carboxylic acids is 3. The number of methoxy groups -OCH3 is 1. The Balaban J connectivity index is 1.81. The number of anilines is 2. The fourth-order valence-electron chi connectivity index (χ4n) is 3.75. The summed E-state index contributed by atoms with van der Waals surface area (Å²) < 4.78 is 4.83. The van der Waals surface area contributed by atoms with Crippen molar-refractivity contribution in [1.82, 2.24) is 0 Å². The molecule has 0 saturated carbocycles. The van der Waals surface area contributed by atoms with Gasteiger partial charge in [0.25, 0.3) is 11.8 Å². The molecule has 2 heterocycles. The van der Waals surface area contributed by atoms with Gasteiger partial charge >= 0.3 is 5.97 Å². The summed E-state index contributed by atoms with van der Waals surface area (Å²) in [5.41, 5.74) is 2.44. The van der Waals surface area contributed by atoms with Gasteiger partial charge in [0.2, 0.25) is 0 Å². The number of amides is 2. The molecule has 2 aliphatic rings. The second kappa shape index (κ2) is 6.87. The van der Waals surface area contributed by atoms with Gasteiger partial charge in [-0.15, -0.1) is 0 Å². The van der Waals surface area contributed by atoms with Crippen molar-refractivity contribution >= 4 is 29.2 Å². The van der Waals surface area contributed by atoms with E-state index in [1.165, 1.54) is 12.0 Å². The average Bonchev–Trinajstić information content (AvgIpc) is 2.98. The molecule has 2 amide bonds. The van der Waals surface area contributed by atoms with Gasteiger partial charge in [0, 0.05) is 13.1 Å². The molecule has 2 aromatic rings. The molecule has 0 unspecified atom stereocenters. The standard InChI is InChI=1S/C21H20N2O4/c1-27-21(26)14-9-10-17(18(13-14)22-11-5-2-6-12-22)23-19(24)15-7-3-4-8-16(15)20(23)25/h3-4,7-10,13H,2,5-6,11-12H2,1H3. The molecule has 0 aromatic heterocycles. The van der Waals surface area contributed by atoms with E-state index in [4.69, 9.17) is 4.74 Å². The Bertz CT molecular complexity index is 897. The highest BCUT2D eigenvalue weighted by atomic mass is 16.5. The van der Waals surface area contributed by atoms with E-state index >= 15 is 0 Å². The molecule has 27 heavy (non-hydrogen) atoms. The van der Waals surface area contributed by atoms with E-state index in [9.17, 15) is 14.4 Å². The molecule has 0 atom stereocenters. The first-order valence-electron chi connectivity index (χ1n) is 9.07. The molecule has 6 nitrogen and oxygen atoms in total. The van der Waals surface area contributed by atoms with Crippen LogP contribution >= 0.6 is 0 Å². The van der Waals surface area contributed by atoms with Crippen LogP contribution in [0.2, 0.25) is 0 Å². The molecular formula is C21H20N2O4. The van der Waals surface area contributed by atoms with Gasteiger partial charge in [-0.1, -0.05) is 12.1 Å². The minimum Gasteiger partial charge on any atom is -0.465 e. The van der Waals surface area contributed by atoms with E-state index in [1.54, 1.807) is 42.5 Å². The van der Waals surface area contributed by atoms with Crippen molar-refractivity contribution in [2.75, 3.05) is 30.0 Å². The first-order valence-corrected chi connectivity index (χ1v) is 9.07. The third-order valence-electron chi connectivity index (χ3n) is 5.13. The summed E-state index contributed by atoms with van der Waals surface area (Å²) in [6, 6.07) is 11.8. The molecule has 2 aromatic carbocycles. The van der Waals surface area contributed by atoms with Crippen LogP contribution in [0, 0.1) is 0 Å². The number of esters is 1. The van der Waals surface area contributed by atoms with Gasteiger partial charge in [-0.3, -0.25) is 9.59 Å². The van der Waals surface area contributed by atoms with Gasteiger partial charge in [-0.05, 0) is 49.6 Å². The fourth-order valence-corrected chi connectivity index (χ4v) is 3.75. The minimum absolute atomic E-state index is 0.334. The van der Waals surface area contributed by atoms with E-state index in [1.807, 2.05) is 0 Å². The Hall–Kier alpha value is -3.15. The minimum atomic E-state index is -0.442. The number of ether oxygens (including phenoxy) is 1. The van der Waals surface area contributed by atoms with Crippen molar-refractivity contribution in [2.45, 2.75) is 19.3 Å². The van der Waals surface area contributed by atoms with Gasteiger partial charge in [0.05, 0.1) is 35.2 Å². The highest BCUT2D eigenvalue weighted by Crippen LogP contribution is 2.37. The average molecular weight is 364 g/mol. The number of benzene rings is 2. The van der Waals surface area contributed by atoms with Crippen LogP contribution in [0.1, 0.15) is 50.3 Å². The van der Waals surface area contributed by atoms with E-state index in [2.05, 4.69) is 4.90 Å². The van der Waals surface area contributed by atoms with Gasteiger partial charge in [-0.2, -0.15) is 0 Å². The molecule has 0 bridgehead atoms. The highest BCUT2D eigenvalue weighted by Gasteiger charge is 2.38. The van der Waals surface area contributed by atoms with Crippen molar-refractivity contribution in [3.05, 3.63) is 59.2 Å². The molecule has 0 spiro atoms. The first-order chi connectivity index (χ1) is 13.1. The molecule has 1 fully saturated rings. The summed E-state index contributed by atoms with van der Waals surface area (Å²) >= 11 is 0. The maximum absolute atomic E-state index is 12.9. The lowest BCUT2D eigenvalue weighted by Gasteiger charge is -2.32. The second-order valence-electron chi connectivity index (χ2n) is 6.73. The van der Waals surface area contributed by atoms with Crippen molar-refractivity contribution in [1.29, 1.82) is 0 Å². The quantitative estimate of drug-likeness (QED) is 0.618. The van der Waals surface area contributed by atoms with Crippen LogP contribution in [0.5, 0.6) is 0 Å². The Morgan fingerprint density at radius 2 is 1.52 bits per heavy atom. The molecule has 6 heteroatoms. The first kappa shape index (κ1) is 17.3. The number of fused-ring (bicyclic) bond motifs is 1. The predicted octanol–water partition coefficient (Wildman–Crippen LogP) is 3.26. The molecule has 0 radical (unpaired) electrons. The van der Waals surface area contributed by atoms with E-state index in [0.717, 1.165) is 32.4 Å². The molecule has 0 N–H and O–H groups in total. The van der Waals surface area contributed by atoms with Crippen molar-refractivity contribution in [3.8, 4) is 0 Å². The Morgan fingerprint density at radius 1 is 0.889 bits per heavy atom. The lowest BCUT2D eigenvalue weighted by molar-refractivity contribution is 0.0600. The van der Waals surface area contributed by atoms with Crippen LogP contribution in [-0.2, 0) is 4.74 Å². The normalized spacial score (nSPS) is 16.5. The lowest BCUT2D eigenvalue weighted by atomic mass is 10.1. The van der Waals surface area contributed by atoms with Crippen LogP contribution < -0.4 is 9.80 Å². The number of hydrogen-bond donors (Lipinski definition) is 0. The SMILES string of the molecule is COC(=O)c1ccc(N2C(=O)c3ccccc3C2=O)c(N2CCCCC2)c1. The molecule has 2 aliphatic heterocycles. The molecule has 4 rings (SSSR count). The summed E-state index contributed by atoms with van der Waals surface area (Å²) in [6.07, 6.45) is 3.21. The summed E-state index contributed by atoms with van der Waals surface area (Å²) in [4.78, 5) is 41.2. The number of nitrogens with zero attached hydrogens (tertiary/aromatic N) is 2. The van der Waals surface area contributed by atoms with Gasteiger partial charge < -0.3 is 9.64 Å². The number of piperidine rings is 1. The molecule has 0 aliphatic carbocycles. The topological polar surface area (TPSA) is 66.9 Å². The van der Waals surface area contributed by atoms with Crippen LogP contribution in [0.25, 0.3) is 0 Å². The number of imide groups is 1. The van der Waals surface area contributed by atoms with Crippen LogP contribution in [-0.4, -0.2) is 38.0 Å². The van der Waals surface area contributed by atoms with Crippen molar-refractivity contribution in [3.63, 3.8) is 0 Å². The van der Waals surface area contributed by atoms with Crippen LogP contribution in [0.3, 0.4) is 0 Å². The van der Waals surface area contributed by atoms with Gasteiger partial charge in [-0.25, -0.2) is 9.69 Å². The largest absolute Gasteiger partial charge is 0.465 e. The third kappa shape index (κ3) is 2.87. The zero-order chi connectivity index (χ0) is 19.0. The number of hydrogen-bond acceptors (Lipinski definition) is 5. The number of rotatable bonds is 3. The zero-order valence-corrected chi connectivity index (χ0v) is 15.1. The summed E-state index contributed by atoms with van der Waals surface area (Å²) in [6.45, 7) is 1.64. The maximum Gasteiger partial charge on any atom is 0.337 e. The Labute approximate surface area is 157 Å². The Kier molecular flexibility index (Phi) is 4.39. The van der Waals surface area contributed by atoms with Crippen molar-refractivity contribution < 1.29 is 19.1 Å². The fraction of sp³-hybridized carbons (Fsp3) is 0.286. The highest BCUT2D eigenvalue weighted by molar-refractivity contribution is 6.35. The van der Waals surface area contributed by atoms with Crippen molar-refractivity contribution in [2.24, 2.45) is 0 Å². The summed E-state index contributed by atoms with van der Waals surface area (Å²) in [5, 5.41) is 0. The zero-order valence-electron chi connectivity index (χ0n) is 15.1. The monoisotopic (exact) mass is 364 g/mol. The second-order valence-corrected chi connectivity index (χ2v) is 6.73. The van der Waals surface area contributed by atoms with Gasteiger partial charge in [0.15, 0.2) is 0 Å². The number of carbonyl (C=O) groups is 3. The van der Waals surface area contributed by atoms with E-state index in [-0.39, 0.29) is 11.8 Å². The maximum atomic E-state index is 12.9. The molecule has 1 saturated heterocycles. The van der Waals surface area contributed by atoms with Crippen LogP contribution in [0.15, 0.2) is 42.5 Å². The van der Waals surface area contributed by atoms with Crippen LogP contribution in [0.4, 0.5) is 11.4 Å².